The summed E-state index contributed by atoms with van der Waals surface area (Å²) in [5.41, 5.74) is 0.791. The van der Waals surface area contributed by atoms with Gasteiger partial charge in [-0.2, -0.15) is 0 Å². The Balaban J connectivity index is 2.93. The molecule has 0 heterocycles. The van der Waals surface area contributed by atoms with E-state index in [9.17, 15) is 14.9 Å². The molecule has 1 atom stereocenters. The zero-order valence-electron chi connectivity index (χ0n) is 12.8. The Morgan fingerprint density at radius 3 is 2.48 bits per heavy atom. The molecule has 0 aliphatic carbocycles. The van der Waals surface area contributed by atoms with Crippen LogP contribution in [0.15, 0.2) is 18.2 Å². The van der Waals surface area contributed by atoms with Gasteiger partial charge in [0.25, 0.3) is 11.6 Å². The van der Waals surface area contributed by atoms with E-state index in [4.69, 9.17) is 11.6 Å². The first-order valence-electron chi connectivity index (χ1n) is 6.78. The van der Waals surface area contributed by atoms with Crippen molar-refractivity contribution in [2.24, 2.45) is 5.41 Å². The van der Waals surface area contributed by atoms with Crippen molar-refractivity contribution in [1.29, 1.82) is 0 Å². The van der Waals surface area contributed by atoms with Gasteiger partial charge in [0.05, 0.1) is 4.92 Å². The monoisotopic (exact) mass is 312 g/mol. The van der Waals surface area contributed by atoms with Crippen molar-refractivity contribution < 1.29 is 9.72 Å². The molecular formula is C15H21ClN2O3. The molecule has 1 N–H and O–H groups in total. The van der Waals surface area contributed by atoms with Crippen molar-refractivity contribution >= 4 is 23.2 Å². The van der Waals surface area contributed by atoms with Crippen molar-refractivity contribution in [1.82, 2.24) is 5.32 Å². The summed E-state index contributed by atoms with van der Waals surface area (Å²) in [6.45, 7) is 7.72. The van der Waals surface area contributed by atoms with Crippen LogP contribution in [0, 0.1) is 22.5 Å². The SMILES string of the molecule is Cc1cc(C(=O)NC(CCCl)C(C)(C)C)ccc1[N+](=O)[O-]. The van der Waals surface area contributed by atoms with Gasteiger partial charge in [-0.3, -0.25) is 14.9 Å². The van der Waals surface area contributed by atoms with Crippen molar-refractivity contribution in [3.8, 4) is 0 Å². The molecule has 0 fully saturated rings. The van der Waals surface area contributed by atoms with Gasteiger partial charge in [-0.25, -0.2) is 0 Å². The van der Waals surface area contributed by atoms with E-state index in [0.29, 0.717) is 23.4 Å². The summed E-state index contributed by atoms with van der Waals surface area (Å²) in [5.74, 6) is 0.222. The maximum atomic E-state index is 12.3. The second-order valence-corrected chi connectivity index (χ2v) is 6.51. The van der Waals surface area contributed by atoms with Gasteiger partial charge in [0.1, 0.15) is 0 Å². The van der Waals surface area contributed by atoms with Gasteiger partial charge in [0.2, 0.25) is 0 Å². The summed E-state index contributed by atoms with van der Waals surface area (Å²) in [6.07, 6.45) is 0.669. The molecule has 0 aliphatic rings. The van der Waals surface area contributed by atoms with E-state index < -0.39 is 4.92 Å². The van der Waals surface area contributed by atoms with Crippen LogP contribution in [0.2, 0.25) is 0 Å². The number of nitrogens with zero attached hydrogens (tertiary/aromatic N) is 1. The fraction of sp³-hybridized carbons (Fsp3) is 0.533. The maximum absolute atomic E-state index is 12.3. The number of halogens is 1. The van der Waals surface area contributed by atoms with E-state index in [2.05, 4.69) is 5.32 Å². The predicted octanol–water partition coefficient (Wildman–Crippen LogP) is 3.68. The van der Waals surface area contributed by atoms with Gasteiger partial charge in [-0.15, -0.1) is 11.6 Å². The molecule has 1 aromatic carbocycles. The minimum absolute atomic E-state index is 0.0136. The normalized spacial score (nSPS) is 12.8. The van der Waals surface area contributed by atoms with E-state index in [1.807, 2.05) is 20.8 Å². The quantitative estimate of drug-likeness (QED) is 0.512. The van der Waals surface area contributed by atoms with Crippen molar-refractivity contribution in [2.45, 2.75) is 40.2 Å². The Kier molecular flexibility index (Phi) is 5.72. The highest BCUT2D eigenvalue weighted by Crippen LogP contribution is 2.23. The summed E-state index contributed by atoms with van der Waals surface area (Å²) in [6, 6.07) is 4.31. The van der Waals surface area contributed by atoms with Crippen LogP contribution in [-0.4, -0.2) is 22.8 Å². The summed E-state index contributed by atoms with van der Waals surface area (Å²) in [7, 11) is 0. The number of carbonyl (C=O) groups is 1. The molecule has 6 heteroatoms. The van der Waals surface area contributed by atoms with Crippen LogP contribution in [0.4, 0.5) is 5.69 Å². The zero-order valence-corrected chi connectivity index (χ0v) is 13.5. The van der Waals surface area contributed by atoms with Crippen LogP contribution in [0.3, 0.4) is 0 Å². The van der Waals surface area contributed by atoms with Crippen molar-refractivity contribution in [2.75, 3.05) is 5.88 Å². The number of nitro benzene ring substituents is 1. The molecule has 0 saturated carbocycles. The van der Waals surface area contributed by atoms with Crippen LogP contribution in [-0.2, 0) is 0 Å². The molecular weight excluding hydrogens is 292 g/mol. The topological polar surface area (TPSA) is 72.2 Å². The highest BCUT2D eigenvalue weighted by molar-refractivity contribution is 6.17. The molecule has 5 nitrogen and oxygen atoms in total. The Hall–Kier alpha value is -1.62. The van der Waals surface area contributed by atoms with Crippen molar-refractivity contribution in [3.05, 3.63) is 39.4 Å². The number of hydrogen-bond acceptors (Lipinski definition) is 3. The Morgan fingerprint density at radius 1 is 1.43 bits per heavy atom. The molecule has 1 unspecified atom stereocenters. The van der Waals surface area contributed by atoms with E-state index in [1.165, 1.54) is 18.2 Å². The molecule has 1 rings (SSSR count). The number of nitro groups is 1. The molecule has 0 bridgehead atoms. The fourth-order valence-electron chi connectivity index (χ4n) is 2.07. The van der Waals surface area contributed by atoms with Gasteiger partial charge in [0, 0.05) is 29.1 Å². The van der Waals surface area contributed by atoms with E-state index in [1.54, 1.807) is 6.92 Å². The molecule has 1 amide bonds. The molecule has 1 aromatic rings. The fourth-order valence-corrected chi connectivity index (χ4v) is 2.29. The van der Waals surface area contributed by atoms with E-state index in [0.717, 1.165) is 0 Å². The summed E-state index contributed by atoms with van der Waals surface area (Å²) < 4.78 is 0. The minimum Gasteiger partial charge on any atom is -0.349 e. The largest absolute Gasteiger partial charge is 0.349 e. The lowest BCUT2D eigenvalue weighted by molar-refractivity contribution is -0.385. The van der Waals surface area contributed by atoms with Gasteiger partial charge in [0.15, 0.2) is 0 Å². The number of benzene rings is 1. The molecule has 0 radical (unpaired) electrons. The van der Waals surface area contributed by atoms with Crippen molar-refractivity contribution in [3.63, 3.8) is 0 Å². The smallest absolute Gasteiger partial charge is 0.272 e. The first kappa shape index (κ1) is 17.4. The molecule has 0 saturated heterocycles. The van der Waals surface area contributed by atoms with Gasteiger partial charge in [-0.1, -0.05) is 20.8 Å². The second-order valence-electron chi connectivity index (χ2n) is 6.13. The highest BCUT2D eigenvalue weighted by Gasteiger charge is 2.26. The second kappa shape index (κ2) is 6.89. The van der Waals surface area contributed by atoms with E-state index in [-0.39, 0.29) is 23.1 Å². The van der Waals surface area contributed by atoms with Crippen LogP contribution in [0.1, 0.15) is 43.1 Å². The average Bonchev–Trinajstić information content (AvgIpc) is 2.36. The lowest BCUT2D eigenvalue weighted by atomic mass is 9.85. The third-order valence-corrected chi connectivity index (χ3v) is 3.62. The molecule has 0 aromatic heterocycles. The maximum Gasteiger partial charge on any atom is 0.272 e. The van der Waals surface area contributed by atoms with Crippen LogP contribution < -0.4 is 5.32 Å². The zero-order chi connectivity index (χ0) is 16.2. The third kappa shape index (κ3) is 4.70. The molecule has 21 heavy (non-hydrogen) atoms. The Morgan fingerprint density at radius 2 is 2.05 bits per heavy atom. The average molecular weight is 313 g/mol. The molecule has 0 aliphatic heterocycles. The minimum atomic E-state index is -0.456. The van der Waals surface area contributed by atoms with Crippen LogP contribution in [0.25, 0.3) is 0 Å². The van der Waals surface area contributed by atoms with E-state index >= 15 is 0 Å². The highest BCUT2D eigenvalue weighted by atomic mass is 35.5. The number of amides is 1. The van der Waals surface area contributed by atoms with Gasteiger partial charge in [-0.05, 0) is 30.9 Å². The summed E-state index contributed by atoms with van der Waals surface area (Å²) in [4.78, 5) is 22.6. The Bertz CT molecular complexity index is 538. The standard InChI is InChI=1S/C15H21ClN2O3/c1-10-9-11(5-6-12(10)18(20)21)14(19)17-13(7-8-16)15(2,3)4/h5-6,9,13H,7-8H2,1-4H3,(H,17,19). The van der Waals surface area contributed by atoms with Gasteiger partial charge < -0.3 is 5.32 Å². The summed E-state index contributed by atoms with van der Waals surface area (Å²) in [5, 5.41) is 13.7. The number of rotatable bonds is 5. The van der Waals surface area contributed by atoms with Crippen LogP contribution in [0.5, 0.6) is 0 Å². The first-order chi connectivity index (χ1) is 9.66. The third-order valence-electron chi connectivity index (χ3n) is 3.40. The number of nitrogens with one attached hydrogen (secondary N) is 1. The number of carbonyl (C=O) groups excluding carboxylic acids is 1. The Labute approximate surface area is 129 Å². The number of hydrogen-bond donors (Lipinski definition) is 1. The molecule has 116 valence electrons. The number of alkyl halides is 1. The lowest BCUT2D eigenvalue weighted by Crippen LogP contribution is -2.44. The first-order valence-corrected chi connectivity index (χ1v) is 7.32. The van der Waals surface area contributed by atoms with Gasteiger partial charge >= 0.3 is 0 Å². The molecule has 0 spiro atoms. The lowest BCUT2D eigenvalue weighted by Gasteiger charge is -2.31. The number of aryl methyl sites for hydroxylation is 1. The van der Waals surface area contributed by atoms with Crippen LogP contribution >= 0.6 is 11.6 Å². The predicted molar refractivity (Wildman–Crippen MR) is 83.9 cm³/mol. The summed E-state index contributed by atoms with van der Waals surface area (Å²) >= 11 is 5.79.